The lowest BCUT2D eigenvalue weighted by Gasteiger charge is -2.21. The summed E-state index contributed by atoms with van der Waals surface area (Å²) in [5.74, 6) is 1.03. The molecule has 1 aliphatic carbocycles. The molecule has 170 valence electrons. The molecule has 0 saturated carbocycles. The van der Waals surface area contributed by atoms with Crippen molar-refractivity contribution in [2.75, 3.05) is 20.8 Å². The molecular weight excluding hydrogens is 456 g/mol. The highest BCUT2D eigenvalue weighted by Gasteiger charge is 2.38. The second kappa shape index (κ2) is 10.2. The van der Waals surface area contributed by atoms with E-state index in [9.17, 15) is 9.59 Å². The molecule has 1 atom stereocenters. The number of allylic oxidation sites excluding steroid dienone is 1. The lowest BCUT2D eigenvalue weighted by atomic mass is 10.0. The minimum atomic E-state index is -0.153. The molecule has 0 spiro atoms. The number of amides is 2. The molecule has 1 aromatic heterocycles. The van der Waals surface area contributed by atoms with Crippen molar-refractivity contribution in [3.8, 4) is 11.5 Å². The molecule has 6 nitrogen and oxygen atoms in total. The zero-order valence-electron chi connectivity index (χ0n) is 18.7. The van der Waals surface area contributed by atoms with Crippen LogP contribution in [0.15, 0.2) is 64.4 Å². The second-order valence-corrected chi connectivity index (χ2v) is 9.62. The summed E-state index contributed by atoms with van der Waals surface area (Å²) in [6.45, 7) is 2.95. The number of fused-ring (bicyclic) bond motifs is 1. The Balaban J connectivity index is 1.54. The SMILES string of the molecule is CCOc1ccc(/C=C2/SC3C=CC(C(=O)NCc4cccs4)=CC3=[N+](C)C2=O)cc1OC. The van der Waals surface area contributed by atoms with Gasteiger partial charge in [-0.3, -0.25) is 4.79 Å². The Labute approximate surface area is 201 Å². The van der Waals surface area contributed by atoms with E-state index in [1.165, 1.54) is 11.8 Å². The van der Waals surface area contributed by atoms with Crippen LogP contribution in [0.2, 0.25) is 0 Å². The molecule has 1 aromatic carbocycles. The van der Waals surface area contributed by atoms with Crippen LogP contribution in [0.1, 0.15) is 17.4 Å². The number of thioether (sulfide) groups is 1. The molecular formula is C25H25N2O4S2+. The number of nitrogens with zero attached hydrogens (tertiary/aromatic N) is 1. The third-order valence-electron chi connectivity index (χ3n) is 5.25. The highest BCUT2D eigenvalue weighted by molar-refractivity contribution is 8.05. The average Bonchev–Trinajstić information content (AvgIpc) is 3.35. The largest absolute Gasteiger partial charge is 0.493 e. The minimum Gasteiger partial charge on any atom is -0.493 e. The van der Waals surface area contributed by atoms with Crippen molar-refractivity contribution in [2.45, 2.75) is 18.7 Å². The normalized spacial score (nSPS) is 18.8. The lowest BCUT2D eigenvalue weighted by Crippen LogP contribution is -2.37. The van der Waals surface area contributed by atoms with Gasteiger partial charge in [-0.15, -0.1) is 11.3 Å². The molecule has 2 aromatic rings. The Kier molecular flexibility index (Phi) is 7.15. The van der Waals surface area contributed by atoms with Crippen LogP contribution >= 0.6 is 23.1 Å². The summed E-state index contributed by atoms with van der Waals surface area (Å²) < 4.78 is 12.6. The molecule has 8 heteroatoms. The number of carbonyl (C=O) groups is 2. The Morgan fingerprint density at radius 2 is 2.12 bits per heavy atom. The first-order valence-corrected chi connectivity index (χ1v) is 12.3. The van der Waals surface area contributed by atoms with E-state index in [4.69, 9.17) is 9.47 Å². The van der Waals surface area contributed by atoms with E-state index in [0.717, 1.165) is 16.2 Å². The van der Waals surface area contributed by atoms with Crippen LogP contribution in [-0.4, -0.2) is 48.1 Å². The summed E-state index contributed by atoms with van der Waals surface area (Å²) in [5, 5.41) is 4.88. The first-order valence-electron chi connectivity index (χ1n) is 10.5. The Bertz CT molecular complexity index is 1190. The van der Waals surface area contributed by atoms with E-state index in [0.29, 0.717) is 35.1 Å². The van der Waals surface area contributed by atoms with Gasteiger partial charge < -0.3 is 14.8 Å². The van der Waals surface area contributed by atoms with Crippen molar-refractivity contribution in [2.24, 2.45) is 0 Å². The van der Waals surface area contributed by atoms with Gasteiger partial charge in [0.15, 0.2) is 11.5 Å². The maximum Gasteiger partial charge on any atom is 0.425 e. The molecule has 0 saturated heterocycles. The van der Waals surface area contributed by atoms with E-state index >= 15 is 0 Å². The maximum absolute atomic E-state index is 13.1. The van der Waals surface area contributed by atoms with Gasteiger partial charge in [0.05, 0.1) is 20.3 Å². The number of rotatable bonds is 7. The van der Waals surface area contributed by atoms with Crippen molar-refractivity contribution in [1.29, 1.82) is 0 Å². The van der Waals surface area contributed by atoms with Crippen LogP contribution < -0.4 is 14.8 Å². The van der Waals surface area contributed by atoms with Gasteiger partial charge >= 0.3 is 5.91 Å². The minimum absolute atomic E-state index is 0.0441. The Hall–Kier alpha value is -3.10. The van der Waals surface area contributed by atoms with E-state index < -0.39 is 0 Å². The number of hydrogen-bond acceptors (Lipinski definition) is 6. The molecule has 1 unspecified atom stereocenters. The summed E-state index contributed by atoms with van der Waals surface area (Å²) in [7, 11) is 3.34. The van der Waals surface area contributed by atoms with Crippen LogP contribution in [0, 0.1) is 0 Å². The highest BCUT2D eigenvalue weighted by atomic mass is 32.2. The molecule has 1 N–H and O–H groups in total. The first-order chi connectivity index (χ1) is 16.0. The monoisotopic (exact) mass is 481 g/mol. The van der Waals surface area contributed by atoms with Gasteiger partial charge in [0.25, 0.3) is 5.91 Å². The van der Waals surface area contributed by atoms with Crippen molar-refractivity contribution in [3.05, 3.63) is 74.9 Å². The van der Waals surface area contributed by atoms with Crippen LogP contribution in [0.25, 0.3) is 6.08 Å². The molecule has 2 heterocycles. The van der Waals surface area contributed by atoms with Gasteiger partial charge in [0.2, 0.25) is 5.71 Å². The van der Waals surface area contributed by atoms with Gasteiger partial charge in [0, 0.05) is 16.5 Å². The Morgan fingerprint density at radius 3 is 2.85 bits per heavy atom. The van der Waals surface area contributed by atoms with E-state index in [1.807, 2.05) is 60.9 Å². The van der Waals surface area contributed by atoms with Crippen LogP contribution in [-0.2, 0) is 16.1 Å². The fraction of sp³-hybridized carbons (Fsp3) is 0.240. The quantitative estimate of drug-likeness (QED) is 0.478. The fourth-order valence-corrected chi connectivity index (χ4v) is 5.42. The first kappa shape index (κ1) is 23.1. The van der Waals surface area contributed by atoms with Crippen molar-refractivity contribution in [1.82, 2.24) is 5.32 Å². The number of thiophene rings is 1. The van der Waals surface area contributed by atoms with E-state index in [2.05, 4.69) is 5.32 Å². The van der Waals surface area contributed by atoms with Crippen molar-refractivity contribution >= 4 is 46.7 Å². The smallest absolute Gasteiger partial charge is 0.425 e. The number of benzene rings is 1. The van der Waals surface area contributed by atoms with Gasteiger partial charge in [-0.25, -0.2) is 4.79 Å². The van der Waals surface area contributed by atoms with E-state index in [1.54, 1.807) is 36.1 Å². The lowest BCUT2D eigenvalue weighted by molar-refractivity contribution is -0.413. The summed E-state index contributed by atoms with van der Waals surface area (Å²) in [6, 6.07) is 9.55. The van der Waals surface area contributed by atoms with Crippen LogP contribution in [0.5, 0.6) is 11.5 Å². The number of hydrogen-bond donors (Lipinski definition) is 1. The van der Waals surface area contributed by atoms with Crippen molar-refractivity contribution in [3.63, 3.8) is 0 Å². The molecule has 2 amide bonds. The standard InChI is InChI=1S/C25H24N2O4S2/c1-4-31-20-9-7-16(12-21(20)30-3)13-23-25(29)27(2)19-14-17(8-10-22(19)33-23)24(28)26-15-18-6-5-11-32-18/h5-14,22H,4,15H2,1-3H3/p+1/b23-13+. The zero-order chi connectivity index (χ0) is 23.4. The summed E-state index contributed by atoms with van der Waals surface area (Å²) in [6.07, 6.45) is 7.46. The predicted molar refractivity (Wildman–Crippen MR) is 133 cm³/mol. The maximum atomic E-state index is 13.1. The predicted octanol–water partition coefficient (Wildman–Crippen LogP) is 4.03. The topological polar surface area (TPSA) is 67.6 Å². The molecule has 1 aliphatic heterocycles. The molecule has 0 fully saturated rings. The van der Waals surface area contributed by atoms with E-state index in [-0.39, 0.29) is 17.1 Å². The van der Waals surface area contributed by atoms with Crippen LogP contribution in [0.3, 0.4) is 0 Å². The van der Waals surface area contributed by atoms with Gasteiger partial charge in [-0.2, -0.15) is 4.58 Å². The number of carbonyl (C=O) groups excluding carboxylic acids is 2. The van der Waals surface area contributed by atoms with Gasteiger partial charge in [-0.05, 0) is 42.1 Å². The average molecular weight is 482 g/mol. The third kappa shape index (κ3) is 5.12. The molecule has 4 rings (SSSR count). The summed E-state index contributed by atoms with van der Waals surface area (Å²) in [4.78, 5) is 27.4. The number of ether oxygens (including phenoxy) is 2. The number of methoxy groups -OCH3 is 1. The molecule has 0 bridgehead atoms. The number of likely N-dealkylation sites (N-methyl/N-ethyl adjacent to an activating group) is 1. The number of nitrogens with one attached hydrogen (secondary N) is 1. The summed E-state index contributed by atoms with van der Waals surface area (Å²) in [5.41, 5.74) is 2.20. The zero-order valence-corrected chi connectivity index (χ0v) is 20.3. The Morgan fingerprint density at radius 1 is 1.27 bits per heavy atom. The van der Waals surface area contributed by atoms with Gasteiger partial charge in [-0.1, -0.05) is 36.0 Å². The third-order valence-corrected chi connectivity index (χ3v) is 7.33. The molecule has 33 heavy (non-hydrogen) atoms. The molecule has 2 aliphatic rings. The second-order valence-electron chi connectivity index (χ2n) is 7.40. The van der Waals surface area contributed by atoms with Crippen LogP contribution in [0.4, 0.5) is 0 Å². The fourth-order valence-electron chi connectivity index (χ4n) is 3.56. The summed E-state index contributed by atoms with van der Waals surface area (Å²) >= 11 is 3.08. The van der Waals surface area contributed by atoms with Crippen molar-refractivity contribution < 1.29 is 23.6 Å². The highest BCUT2D eigenvalue weighted by Crippen LogP contribution is 2.35. The molecule has 0 radical (unpaired) electrons. The van der Waals surface area contributed by atoms with Gasteiger partial charge in [0.1, 0.15) is 17.2 Å².